The molecule has 0 saturated heterocycles. The summed E-state index contributed by atoms with van der Waals surface area (Å²) in [5.41, 5.74) is 8.31. The van der Waals surface area contributed by atoms with E-state index in [-0.39, 0.29) is 11.4 Å². The molecule has 1 nitrogen and oxygen atoms in total. The van der Waals surface area contributed by atoms with Crippen molar-refractivity contribution in [1.29, 1.82) is 0 Å². The molecule has 78 valence electrons. The van der Waals surface area contributed by atoms with E-state index in [1.165, 1.54) is 0 Å². The Kier molecular flexibility index (Phi) is 2.95. The van der Waals surface area contributed by atoms with E-state index in [1.54, 1.807) is 6.07 Å². The second kappa shape index (κ2) is 3.70. The second-order valence-corrected chi connectivity index (χ2v) is 4.69. The van der Waals surface area contributed by atoms with Gasteiger partial charge in [0.25, 0.3) is 0 Å². The lowest BCUT2D eigenvalue weighted by molar-refractivity contribution is 0.496. The fraction of sp³-hybridized carbons (Fsp3) is 0.500. The molecule has 0 radical (unpaired) electrons. The highest BCUT2D eigenvalue weighted by atomic mass is 19.1. The molecule has 0 heterocycles. The van der Waals surface area contributed by atoms with E-state index < -0.39 is 0 Å². The first-order valence-corrected chi connectivity index (χ1v) is 4.84. The van der Waals surface area contributed by atoms with Crippen LogP contribution >= 0.6 is 0 Å². The molecule has 0 saturated carbocycles. The van der Waals surface area contributed by atoms with E-state index in [1.807, 2.05) is 33.8 Å². The lowest BCUT2D eigenvalue weighted by Crippen LogP contribution is -2.34. The van der Waals surface area contributed by atoms with Gasteiger partial charge in [0.2, 0.25) is 0 Å². The van der Waals surface area contributed by atoms with Crippen LogP contribution in [0.1, 0.15) is 30.5 Å². The fourth-order valence-electron chi connectivity index (χ4n) is 1.47. The van der Waals surface area contributed by atoms with Gasteiger partial charge in [-0.2, -0.15) is 0 Å². The average molecular weight is 195 g/mol. The summed E-state index contributed by atoms with van der Waals surface area (Å²) in [6.07, 6.45) is 0.569. The quantitative estimate of drug-likeness (QED) is 0.771. The second-order valence-electron chi connectivity index (χ2n) is 4.69. The minimum Gasteiger partial charge on any atom is -0.325 e. The standard InChI is InChI=1S/C12H18FN/c1-8-5-10(7-12(3,4)14)11(13)6-9(8)2/h5-6H,7,14H2,1-4H3. The zero-order valence-corrected chi connectivity index (χ0v) is 9.32. The number of hydrogen-bond acceptors (Lipinski definition) is 1. The van der Waals surface area contributed by atoms with E-state index in [0.717, 1.165) is 11.1 Å². The van der Waals surface area contributed by atoms with E-state index in [2.05, 4.69) is 0 Å². The van der Waals surface area contributed by atoms with E-state index in [0.29, 0.717) is 12.0 Å². The number of nitrogens with two attached hydrogens (primary N) is 1. The normalized spacial score (nSPS) is 11.9. The largest absolute Gasteiger partial charge is 0.325 e. The Balaban J connectivity index is 3.04. The molecule has 0 fully saturated rings. The van der Waals surface area contributed by atoms with Crippen molar-refractivity contribution >= 4 is 0 Å². The first-order chi connectivity index (χ1) is 6.29. The van der Waals surface area contributed by atoms with Gasteiger partial charge >= 0.3 is 0 Å². The summed E-state index contributed by atoms with van der Waals surface area (Å²) >= 11 is 0. The van der Waals surface area contributed by atoms with E-state index in [9.17, 15) is 4.39 Å². The van der Waals surface area contributed by atoms with Crippen LogP contribution in [-0.4, -0.2) is 5.54 Å². The molecule has 1 aromatic rings. The number of halogens is 1. The van der Waals surface area contributed by atoms with Gasteiger partial charge in [-0.3, -0.25) is 0 Å². The highest BCUT2D eigenvalue weighted by Crippen LogP contribution is 2.18. The van der Waals surface area contributed by atoms with Crippen molar-refractivity contribution in [2.24, 2.45) is 5.73 Å². The van der Waals surface area contributed by atoms with Crippen molar-refractivity contribution in [3.05, 3.63) is 34.6 Å². The van der Waals surface area contributed by atoms with Crippen molar-refractivity contribution < 1.29 is 4.39 Å². The molecule has 0 aliphatic carbocycles. The molecular formula is C12H18FN. The summed E-state index contributed by atoms with van der Waals surface area (Å²) in [5.74, 6) is -0.147. The van der Waals surface area contributed by atoms with Gasteiger partial charge < -0.3 is 5.73 Å². The molecule has 0 bridgehead atoms. The van der Waals surface area contributed by atoms with Crippen LogP contribution in [0.4, 0.5) is 4.39 Å². The lowest BCUT2D eigenvalue weighted by Gasteiger charge is -2.19. The SMILES string of the molecule is Cc1cc(F)c(CC(C)(C)N)cc1C. The van der Waals surface area contributed by atoms with Crippen molar-refractivity contribution in [3.63, 3.8) is 0 Å². The predicted octanol–water partition coefficient (Wildman–Crippen LogP) is 2.72. The minimum atomic E-state index is -0.359. The molecule has 0 aliphatic rings. The Morgan fingerprint density at radius 3 is 2.21 bits per heavy atom. The van der Waals surface area contributed by atoms with Crippen molar-refractivity contribution in [2.75, 3.05) is 0 Å². The van der Waals surface area contributed by atoms with Crippen molar-refractivity contribution in [2.45, 2.75) is 39.7 Å². The minimum absolute atomic E-state index is 0.147. The molecule has 0 spiro atoms. The Morgan fingerprint density at radius 2 is 1.71 bits per heavy atom. The zero-order valence-electron chi connectivity index (χ0n) is 9.32. The van der Waals surface area contributed by atoms with Gasteiger partial charge in [-0.05, 0) is 56.9 Å². The monoisotopic (exact) mass is 195 g/mol. The topological polar surface area (TPSA) is 26.0 Å². The smallest absolute Gasteiger partial charge is 0.126 e. The lowest BCUT2D eigenvalue weighted by atomic mass is 9.93. The van der Waals surface area contributed by atoms with Gasteiger partial charge in [-0.25, -0.2) is 4.39 Å². The highest BCUT2D eigenvalue weighted by Gasteiger charge is 2.15. The molecule has 0 aliphatic heterocycles. The fourth-order valence-corrected chi connectivity index (χ4v) is 1.47. The molecule has 0 unspecified atom stereocenters. The van der Waals surface area contributed by atoms with Crippen LogP contribution in [0.25, 0.3) is 0 Å². The van der Waals surface area contributed by atoms with Crippen LogP contribution in [0.5, 0.6) is 0 Å². The van der Waals surface area contributed by atoms with Crippen LogP contribution < -0.4 is 5.73 Å². The van der Waals surface area contributed by atoms with Gasteiger partial charge in [0.15, 0.2) is 0 Å². The number of benzene rings is 1. The van der Waals surface area contributed by atoms with E-state index >= 15 is 0 Å². The Bertz CT molecular complexity index is 337. The van der Waals surface area contributed by atoms with Gasteiger partial charge in [-0.15, -0.1) is 0 Å². The summed E-state index contributed by atoms with van der Waals surface area (Å²) in [5, 5.41) is 0. The maximum absolute atomic E-state index is 13.5. The third-order valence-corrected chi connectivity index (χ3v) is 2.31. The third-order valence-electron chi connectivity index (χ3n) is 2.31. The van der Waals surface area contributed by atoms with Gasteiger partial charge in [0, 0.05) is 5.54 Å². The Morgan fingerprint density at radius 1 is 1.21 bits per heavy atom. The van der Waals surface area contributed by atoms with Crippen LogP contribution in [0, 0.1) is 19.7 Å². The third kappa shape index (κ3) is 2.81. The number of aryl methyl sites for hydroxylation is 2. The maximum Gasteiger partial charge on any atom is 0.126 e. The molecule has 0 atom stereocenters. The van der Waals surface area contributed by atoms with Crippen molar-refractivity contribution in [1.82, 2.24) is 0 Å². The van der Waals surface area contributed by atoms with Crippen molar-refractivity contribution in [3.8, 4) is 0 Å². The predicted molar refractivity (Wildman–Crippen MR) is 57.8 cm³/mol. The summed E-state index contributed by atoms with van der Waals surface area (Å²) < 4.78 is 13.5. The molecule has 2 N–H and O–H groups in total. The maximum atomic E-state index is 13.5. The summed E-state index contributed by atoms with van der Waals surface area (Å²) in [6, 6.07) is 3.47. The van der Waals surface area contributed by atoms with Crippen LogP contribution in [0.3, 0.4) is 0 Å². The van der Waals surface area contributed by atoms with Gasteiger partial charge in [0.1, 0.15) is 5.82 Å². The zero-order chi connectivity index (χ0) is 10.9. The molecule has 1 aromatic carbocycles. The van der Waals surface area contributed by atoms with Gasteiger partial charge in [0.05, 0.1) is 0 Å². The first-order valence-electron chi connectivity index (χ1n) is 4.84. The molecule has 0 amide bonds. The Labute approximate surface area is 85.1 Å². The number of rotatable bonds is 2. The molecular weight excluding hydrogens is 177 g/mol. The summed E-state index contributed by atoms with van der Waals surface area (Å²) in [6.45, 7) is 7.71. The van der Waals surface area contributed by atoms with E-state index in [4.69, 9.17) is 5.73 Å². The number of hydrogen-bond donors (Lipinski definition) is 1. The molecule has 14 heavy (non-hydrogen) atoms. The molecule has 0 aromatic heterocycles. The average Bonchev–Trinajstić information content (AvgIpc) is 1.97. The van der Waals surface area contributed by atoms with Crippen LogP contribution in [0.2, 0.25) is 0 Å². The molecule has 1 rings (SSSR count). The molecule has 2 heteroatoms. The van der Waals surface area contributed by atoms with Gasteiger partial charge in [-0.1, -0.05) is 6.07 Å². The summed E-state index contributed by atoms with van der Waals surface area (Å²) in [4.78, 5) is 0. The highest BCUT2D eigenvalue weighted by molar-refractivity contribution is 5.32. The summed E-state index contributed by atoms with van der Waals surface area (Å²) in [7, 11) is 0. The Hall–Kier alpha value is -0.890. The van der Waals surface area contributed by atoms with Crippen LogP contribution in [0.15, 0.2) is 12.1 Å². The van der Waals surface area contributed by atoms with Crippen LogP contribution in [-0.2, 0) is 6.42 Å². The first kappa shape index (κ1) is 11.2.